The van der Waals surface area contributed by atoms with Gasteiger partial charge in [0.25, 0.3) is 5.91 Å². The zero-order valence-corrected chi connectivity index (χ0v) is 16.3. The van der Waals surface area contributed by atoms with Crippen molar-refractivity contribution in [3.8, 4) is 6.07 Å². The summed E-state index contributed by atoms with van der Waals surface area (Å²) >= 11 is -1.20. The third-order valence-corrected chi connectivity index (χ3v) is 6.66. The molecule has 6 nitrogen and oxygen atoms in total. The maximum absolute atomic E-state index is 12.7. The van der Waals surface area contributed by atoms with E-state index < -0.39 is 11.2 Å². The minimum atomic E-state index is -1.20. The van der Waals surface area contributed by atoms with Crippen LogP contribution in [0.3, 0.4) is 0 Å². The molecule has 0 radical (unpaired) electrons. The molecule has 4 rings (SSSR count). The van der Waals surface area contributed by atoms with Crippen molar-refractivity contribution < 1.29 is 9.35 Å². The van der Waals surface area contributed by atoms with Crippen molar-refractivity contribution in [1.29, 1.82) is 5.26 Å². The number of likely N-dealkylation sites (tertiary alicyclic amines) is 1. The molecule has 0 saturated carbocycles. The minimum Gasteiger partial charge on any atom is -0.616 e. The molecule has 1 amide bonds. The number of benzene rings is 1. The summed E-state index contributed by atoms with van der Waals surface area (Å²) in [6.07, 6.45) is 3.63. The smallest absolute Gasteiger partial charge is 0.272 e. The summed E-state index contributed by atoms with van der Waals surface area (Å²) in [4.78, 5) is 21.3. The van der Waals surface area contributed by atoms with E-state index in [1.807, 2.05) is 41.3 Å². The predicted octanol–water partition coefficient (Wildman–Crippen LogP) is 2.08. The summed E-state index contributed by atoms with van der Waals surface area (Å²) in [7, 11) is 0. The molecular weight excluding hydrogens is 372 g/mol. The van der Waals surface area contributed by atoms with Gasteiger partial charge in [0.15, 0.2) is 5.75 Å². The SMILES string of the molecule is N#Cc1ccc(N2C3CCC2CN(C(=O)C[S+]([O-])Cc2ccccc2)C3)nc1. The van der Waals surface area contributed by atoms with Gasteiger partial charge in [-0.3, -0.25) is 4.79 Å². The van der Waals surface area contributed by atoms with E-state index in [1.54, 1.807) is 12.3 Å². The fraction of sp³-hybridized carbons (Fsp3) is 0.381. The summed E-state index contributed by atoms with van der Waals surface area (Å²) in [5.74, 6) is 1.32. The predicted molar refractivity (Wildman–Crippen MR) is 108 cm³/mol. The van der Waals surface area contributed by atoms with Crippen molar-refractivity contribution in [1.82, 2.24) is 9.88 Å². The van der Waals surface area contributed by atoms with Crippen LogP contribution in [0.25, 0.3) is 0 Å². The molecule has 3 atom stereocenters. The Bertz CT molecular complexity index is 854. The van der Waals surface area contributed by atoms with Gasteiger partial charge in [-0.15, -0.1) is 0 Å². The lowest BCUT2D eigenvalue weighted by atomic mass is 10.1. The first-order chi connectivity index (χ1) is 13.6. The van der Waals surface area contributed by atoms with Crippen molar-refractivity contribution in [2.75, 3.05) is 23.7 Å². The number of anilines is 1. The third-order valence-electron chi connectivity index (χ3n) is 5.43. The maximum atomic E-state index is 12.7. The van der Waals surface area contributed by atoms with E-state index in [9.17, 15) is 9.35 Å². The highest BCUT2D eigenvalue weighted by atomic mass is 32.2. The molecule has 28 heavy (non-hydrogen) atoms. The highest BCUT2D eigenvalue weighted by Gasteiger charge is 2.42. The van der Waals surface area contributed by atoms with E-state index in [0.717, 1.165) is 24.2 Å². The van der Waals surface area contributed by atoms with Gasteiger partial charge in [-0.2, -0.15) is 5.26 Å². The van der Waals surface area contributed by atoms with Gasteiger partial charge >= 0.3 is 0 Å². The molecule has 2 bridgehead atoms. The molecule has 2 saturated heterocycles. The van der Waals surface area contributed by atoms with E-state index in [0.29, 0.717) is 24.4 Å². The Morgan fingerprint density at radius 3 is 2.50 bits per heavy atom. The molecule has 144 valence electrons. The van der Waals surface area contributed by atoms with Crippen LogP contribution in [0.15, 0.2) is 48.7 Å². The first-order valence-electron chi connectivity index (χ1n) is 9.45. The lowest BCUT2D eigenvalue weighted by Crippen LogP contribution is -2.56. The number of carbonyl (C=O) groups excluding carboxylic acids is 1. The number of hydrogen-bond acceptors (Lipinski definition) is 5. The highest BCUT2D eigenvalue weighted by molar-refractivity contribution is 7.91. The number of piperazine rings is 1. The van der Waals surface area contributed by atoms with Crippen molar-refractivity contribution >= 4 is 22.9 Å². The normalized spacial score (nSPS) is 22.0. The van der Waals surface area contributed by atoms with E-state index in [4.69, 9.17) is 5.26 Å². The van der Waals surface area contributed by atoms with E-state index in [-0.39, 0.29) is 23.7 Å². The van der Waals surface area contributed by atoms with Gasteiger partial charge in [0.05, 0.1) is 5.56 Å². The Morgan fingerprint density at radius 2 is 1.89 bits per heavy atom. The van der Waals surface area contributed by atoms with Crippen LogP contribution in [0.4, 0.5) is 5.82 Å². The summed E-state index contributed by atoms with van der Waals surface area (Å²) in [6, 6.07) is 15.9. The van der Waals surface area contributed by atoms with Crippen molar-refractivity contribution in [3.05, 3.63) is 59.8 Å². The molecule has 3 heterocycles. The minimum absolute atomic E-state index is 0.0291. The Kier molecular flexibility index (Phi) is 5.51. The molecule has 3 unspecified atom stereocenters. The number of hydrogen-bond donors (Lipinski definition) is 0. The second-order valence-corrected chi connectivity index (χ2v) is 8.78. The lowest BCUT2D eigenvalue weighted by molar-refractivity contribution is -0.129. The fourth-order valence-corrected chi connectivity index (χ4v) is 5.25. The van der Waals surface area contributed by atoms with Gasteiger partial charge in [0, 0.05) is 36.9 Å². The van der Waals surface area contributed by atoms with Gasteiger partial charge in [0.1, 0.15) is 17.6 Å². The van der Waals surface area contributed by atoms with Crippen LogP contribution >= 0.6 is 0 Å². The van der Waals surface area contributed by atoms with Gasteiger partial charge in [-0.1, -0.05) is 30.3 Å². The number of rotatable bonds is 5. The van der Waals surface area contributed by atoms with Gasteiger partial charge in [0.2, 0.25) is 0 Å². The molecular formula is C21H22N4O2S. The topological polar surface area (TPSA) is 83.3 Å². The molecule has 0 spiro atoms. The van der Waals surface area contributed by atoms with E-state index in [1.165, 1.54) is 0 Å². The monoisotopic (exact) mass is 394 g/mol. The second-order valence-electron chi connectivity index (χ2n) is 7.32. The van der Waals surface area contributed by atoms with Crippen LogP contribution in [0.2, 0.25) is 0 Å². The van der Waals surface area contributed by atoms with Crippen molar-refractivity contribution in [2.45, 2.75) is 30.7 Å². The summed E-state index contributed by atoms with van der Waals surface area (Å²) in [5, 5.41) is 8.94. The Hall–Kier alpha value is -2.56. The summed E-state index contributed by atoms with van der Waals surface area (Å²) in [5.41, 5.74) is 1.54. The summed E-state index contributed by atoms with van der Waals surface area (Å²) < 4.78 is 12.4. The van der Waals surface area contributed by atoms with Gasteiger partial charge in [-0.05, 0) is 36.2 Å². The number of carbonyl (C=O) groups is 1. The van der Waals surface area contributed by atoms with E-state index >= 15 is 0 Å². The second kappa shape index (κ2) is 8.21. The number of fused-ring (bicyclic) bond motifs is 2. The average Bonchev–Trinajstić information content (AvgIpc) is 2.97. The quantitative estimate of drug-likeness (QED) is 0.725. The molecule has 2 aliphatic heterocycles. The van der Waals surface area contributed by atoms with Crippen LogP contribution in [0.5, 0.6) is 0 Å². The molecule has 2 aliphatic rings. The van der Waals surface area contributed by atoms with Crippen LogP contribution in [-0.4, -0.2) is 51.3 Å². The van der Waals surface area contributed by atoms with Crippen LogP contribution in [0.1, 0.15) is 24.0 Å². The number of pyridine rings is 1. The van der Waals surface area contributed by atoms with Gasteiger partial charge < -0.3 is 14.4 Å². The standard InChI is InChI=1S/C21H22N4O2S/c22-10-17-6-9-20(23-11-17)25-18-7-8-19(25)13-24(12-18)21(26)15-28(27)14-16-4-2-1-3-5-16/h1-6,9,11,18-19H,7-8,12-15H2. The van der Waals surface area contributed by atoms with Crippen LogP contribution in [-0.2, 0) is 21.7 Å². The lowest BCUT2D eigenvalue weighted by Gasteiger charge is -2.41. The Labute approximate surface area is 168 Å². The van der Waals surface area contributed by atoms with Crippen LogP contribution < -0.4 is 4.90 Å². The molecule has 0 aliphatic carbocycles. The van der Waals surface area contributed by atoms with Crippen molar-refractivity contribution in [3.63, 3.8) is 0 Å². The molecule has 1 aromatic carbocycles. The largest absolute Gasteiger partial charge is 0.616 e. The van der Waals surface area contributed by atoms with Crippen LogP contribution in [0, 0.1) is 11.3 Å². The zero-order valence-electron chi connectivity index (χ0n) is 15.5. The molecule has 7 heteroatoms. The first-order valence-corrected chi connectivity index (χ1v) is 10.9. The molecule has 0 N–H and O–H groups in total. The fourth-order valence-electron chi connectivity index (χ4n) is 4.13. The number of nitriles is 1. The Morgan fingerprint density at radius 1 is 1.18 bits per heavy atom. The average molecular weight is 395 g/mol. The number of amides is 1. The Balaban J connectivity index is 1.37. The third kappa shape index (κ3) is 3.98. The molecule has 1 aromatic heterocycles. The molecule has 2 fully saturated rings. The molecule has 2 aromatic rings. The first kappa shape index (κ1) is 18.8. The van der Waals surface area contributed by atoms with Gasteiger partial charge in [-0.25, -0.2) is 4.98 Å². The maximum Gasteiger partial charge on any atom is 0.272 e. The van der Waals surface area contributed by atoms with Crippen molar-refractivity contribution in [2.24, 2.45) is 0 Å². The number of aromatic nitrogens is 1. The highest BCUT2D eigenvalue weighted by Crippen LogP contribution is 2.34. The summed E-state index contributed by atoms with van der Waals surface area (Å²) in [6.45, 7) is 1.28. The number of nitrogens with zero attached hydrogens (tertiary/aromatic N) is 4. The zero-order chi connectivity index (χ0) is 19.5. The van der Waals surface area contributed by atoms with E-state index in [2.05, 4.69) is 16.0 Å².